The third-order valence-electron chi connectivity index (χ3n) is 3.99. The average Bonchev–Trinajstić information content (AvgIpc) is 2.43. The first kappa shape index (κ1) is 13.2. The van der Waals surface area contributed by atoms with Crippen molar-refractivity contribution in [1.82, 2.24) is 10.0 Å². The molecule has 0 N–H and O–H groups in total. The second kappa shape index (κ2) is 5.32. The Balaban J connectivity index is 1.83. The monoisotopic (exact) mass is 276 g/mol. The van der Waals surface area contributed by atoms with Gasteiger partial charge >= 0.3 is 0 Å². The summed E-state index contributed by atoms with van der Waals surface area (Å²) in [5.74, 6) is -0.471. The molecule has 0 radical (unpaired) electrons. The molecule has 0 saturated carbocycles. The number of rotatable bonds is 2. The zero-order valence-electron chi connectivity index (χ0n) is 11.2. The molecule has 1 amide bonds. The number of nitrogens with zero attached hydrogens (tertiary/aromatic N) is 2. The summed E-state index contributed by atoms with van der Waals surface area (Å²) in [6.07, 6.45) is 2.79. The third-order valence-corrected chi connectivity index (χ3v) is 3.99. The number of hydrogen-bond acceptors (Lipinski definition) is 3. The number of halogens is 1. The summed E-state index contributed by atoms with van der Waals surface area (Å²) in [7, 11) is 0. The fourth-order valence-corrected chi connectivity index (χ4v) is 3.02. The Hall–Kier alpha value is -1.75. The van der Waals surface area contributed by atoms with Crippen LogP contribution in [0.25, 0.3) is 0 Å². The van der Waals surface area contributed by atoms with Gasteiger partial charge in [-0.25, -0.2) is 9.40 Å². The first-order valence-electron chi connectivity index (χ1n) is 6.99. The van der Waals surface area contributed by atoms with Gasteiger partial charge in [0.2, 0.25) is 5.91 Å². The molecule has 0 bridgehead atoms. The van der Waals surface area contributed by atoms with E-state index in [-0.39, 0.29) is 30.0 Å². The summed E-state index contributed by atoms with van der Waals surface area (Å²) >= 11 is 0. The van der Waals surface area contributed by atoms with Crippen molar-refractivity contribution >= 4 is 11.7 Å². The number of ketones is 1. The Morgan fingerprint density at radius 2 is 2.10 bits per heavy atom. The van der Waals surface area contributed by atoms with E-state index in [2.05, 4.69) is 0 Å². The number of piperidine rings is 1. The predicted molar refractivity (Wildman–Crippen MR) is 70.9 cm³/mol. The number of hydrazine groups is 1. The van der Waals surface area contributed by atoms with Crippen LogP contribution in [0.4, 0.5) is 4.39 Å². The molecule has 0 spiro atoms. The van der Waals surface area contributed by atoms with Gasteiger partial charge in [-0.3, -0.25) is 14.6 Å². The van der Waals surface area contributed by atoms with E-state index in [1.165, 1.54) is 12.1 Å². The van der Waals surface area contributed by atoms with E-state index < -0.39 is 0 Å². The van der Waals surface area contributed by atoms with Gasteiger partial charge in [0.05, 0.1) is 19.0 Å². The summed E-state index contributed by atoms with van der Waals surface area (Å²) in [6.45, 7) is 1.05. The first-order valence-corrected chi connectivity index (χ1v) is 6.99. The van der Waals surface area contributed by atoms with Crippen LogP contribution < -0.4 is 0 Å². The van der Waals surface area contributed by atoms with Crippen LogP contribution in [0.15, 0.2) is 24.3 Å². The fraction of sp³-hybridized carbons (Fsp3) is 0.467. The van der Waals surface area contributed by atoms with Gasteiger partial charge in [-0.15, -0.1) is 0 Å². The molecule has 106 valence electrons. The molecule has 1 aromatic carbocycles. The van der Waals surface area contributed by atoms with Gasteiger partial charge in [0.15, 0.2) is 5.78 Å². The van der Waals surface area contributed by atoms with E-state index in [4.69, 9.17) is 0 Å². The molecule has 0 aromatic heterocycles. The highest BCUT2D eigenvalue weighted by Gasteiger charge is 2.40. The lowest BCUT2D eigenvalue weighted by Crippen LogP contribution is -2.60. The van der Waals surface area contributed by atoms with Gasteiger partial charge in [0, 0.05) is 6.54 Å². The van der Waals surface area contributed by atoms with Crippen LogP contribution in [0, 0.1) is 5.82 Å². The number of hydrogen-bond donors (Lipinski definition) is 0. The number of benzene rings is 1. The summed E-state index contributed by atoms with van der Waals surface area (Å²) in [4.78, 5) is 24.1. The first-order chi connectivity index (χ1) is 9.65. The minimum atomic E-state index is -0.307. The van der Waals surface area contributed by atoms with Crippen molar-refractivity contribution in [2.24, 2.45) is 0 Å². The SMILES string of the molecule is O=C1CC(=O)N(Cc2cccc(F)c2)N2CCCC[C@@H]12. The lowest BCUT2D eigenvalue weighted by atomic mass is 9.95. The minimum Gasteiger partial charge on any atom is -0.297 e. The molecule has 2 saturated heterocycles. The molecule has 1 atom stereocenters. The Morgan fingerprint density at radius 1 is 1.25 bits per heavy atom. The van der Waals surface area contributed by atoms with Crippen molar-refractivity contribution in [3.8, 4) is 0 Å². The summed E-state index contributed by atoms with van der Waals surface area (Å²) in [5, 5.41) is 3.50. The minimum absolute atomic E-state index is 0.0187. The predicted octanol–water partition coefficient (Wildman–Crippen LogP) is 1.90. The van der Waals surface area contributed by atoms with Crippen LogP contribution in [-0.4, -0.2) is 34.3 Å². The highest BCUT2D eigenvalue weighted by atomic mass is 19.1. The van der Waals surface area contributed by atoms with E-state index in [1.54, 1.807) is 17.1 Å². The van der Waals surface area contributed by atoms with E-state index in [0.717, 1.165) is 31.4 Å². The summed E-state index contributed by atoms with van der Waals surface area (Å²) in [6, 6.07) is 6.08. The molecule has 20 heavy (non-hydrogen) atoms. The molecule has 1 aromatic rings. The second-order valence-electron chi connectivity index (χ2n) is 5.40. The fourth-order valence-electron chi connectivity index (χ4n) is 3.02. The number of Topliss-reactive ketones (excluding diaryl/α,β-unsaturated/α-hetero) is 1. The van der Waals surface area contributed by atoms with Crippen molar-refractivity contribution < 1.29 is 14.0 Å². The standard InChI is InChI=1S/C15H17FN2O2/c16-12-5-3-4-11(8-12)10-18-15(20)9-14(19)13-6-1-2-7-17(13)18/h3-5,8,13H,1-2,6-7,9-10H2/t13-/m0/s1. The van der Waals surface area contributed by atoms with Crippen LogP contribution in [0.5, 0.6) is 0 Å². The molecular formula is C15H17FN2O2. The molecule has 4 nitrogen and oxygen atoms in total. The lowest BCUT2D eigenvalue weighted by molar-refractivity contribution is -0.173. The van der Waals surface area contributed by atoms with Gasteiger partial charge in [-0.2, -0.15) is 0 Å². The zero-order chi connectivity index (χ0) is 14.1. The van der Waals surface area contributed by atoms with Gasteiger partial charge in [0.25, 0.3) is 0 Å². The maximum atomic E-state index is 13.2. The van der Waals surface area contributed by atoms with Crippen molar-refractivity contribution in [1.29, 1.82) is 0 Å². The second-order valence-corrected chi connectivity index (χ2v) is 5.40. The molecule has 2 aliphatic heterocycles. The van der Waals surface area contributed by atoms with Crippen molar-refractivity contribution in [2.45, 2.75) is 38.3 Å². The number of amides is 1. The third kappa shape index (κ3) is 2.45. The highest BCUT2D eigenvalue weighted by molar-refractivity contribution is 6.02. The highest BCUT2D eigenvalue weighted by Crippen LogP contribution is 2.27. The van der Waals surface area contributed by atoms with Crippen LogP contribution in [0.3, 0.4) is 0 Å². The van der Waals surface area contributed by atoms with E-state index >= 15 is 0 Å². The maximum absolute atomic E-state index is 13.2. The molecule has 5 heteroatoms. The van der Waals surface area contributed by atoms with Crippen LogP contribution >= 0.6 is 0 Å². The van der Waals surface area contributed by atoms with Crippen LogP contribution in [-0.2, 0) is 16.1 Å². The Kier molecular flexibility index (Phi) is 3.53. The van der Waals surface area contributed by atoms with Gasteiger partial charge in [0.1, 0.15) is 5.82 Å². The molecule has 0 unspecified atom stereocenters. The van der Waals surface area contributed by atoms with Crippen molar-refractivity contribution in [3.05, 3.63) is 35.6 Å². The largest absolute Gasteiger partial charge is 0.297 e. The quantitative estimate of drug-likeness (QED) is 0.775. The topological polar surface area (TPSA) is 40.6 Å². The molecular weight excluding hydrogens is 259 g/mol. The number of fused-ring (bicyclic) bond motifs is 1. The van der Waals surface area contributed by atoms with Gasteiger partial charge in [-0.1, -0.05) is 18.6 Å². The molecule has 2 fully saturated rings. The maximum Gasteiger partial charge on any atom is 0.244 e. The van der Waals surface area contributed by atoms with E-state index in [9.17, 15) is 14.0 Å². The summed E-state index contributed by atoms with van der Waals surface area (Å²) in [5.41, 5.74) is 0.747. The lowest BCUT2D eigenvalue weighted by Gasteiger charge is -2.45. The van der Waals surface area contributed by atoms with E-state index in [1.807, 2.05) is 5.01 Å². The van der Waals surface area contributed by atoms with Crippen molar-refractivity contribution in [3.63, 3.8) is 0 Å². The van der Waals surface area contributed by atoms with Gasteiger partial charge < -0.3 is 0 Å². The Bertz CT molecular complexity index is 546. The normalized spacial score (nSPS) is 23.9. The Labute approximate surface area is 117 Å². The molecule has 2 heterocycles. The molecule has 2 aliphatic rings. The zero-order valence-corrected chi connectivity index (χ0v) is 11.2. The van der Waals surface area contributed by atoms with Crippen molar-refractivity contribution in [2.75, 3.05) is 6.54 Å². The average molecular weight is 276 g/mol. The van der Waals surface area contributed by atoms with Gasteiger partial charge in [-0.05, 0) is 30.5 Å². The number of carbonyl (C=O) groups excluding carboxylic acids is 2. The molecule has 3 rings (SSSR count). The summed E-state index contributed by atoms with van der Waals surface area (Å²) < 4.78 is 13.2. The Morgan fingerprint density at radius 3 is 2.90 bits per heavy atom. The van der Waals surface area contributed by atoms with E-state index in [0.29, 0.717) is 6.54 Å². The molecule has 0 aliphatic carbocycles. The number of carbonyl (C=O) groups is 2. The van der Waals surface area contributed by atoms with Crippen LogP contribution in [0.2, 0.25) is 0 Å². The van der Waals surface area contributed by atoms with Crippen LogP contribution in [0.1, 0.15) is 31.2 Å². The smallest absolute Gasteiger partial charge is 0.244 e.